The molecule has 0 aromatic heterocycles. The van der Waals surface area contributed by atoms with Crippen LogP contribution in [0, 0.1) is 16.7 Å². The van der Waals surface area contributed by atoms with Crippen LogP contribution in [0.25, 0.3) is 0 Å². The van der Waals surface area contributed by atoms with Gasteiger partial charge >= 0.3 is 0 Å². The minimum absolute atomic E-state index is 0.142. The lowest BCUT2D eigenvalue weighted by Gasteiger charge is -2.40. The Labute approximate surface area is 150 Å². The monoisotopic (exact) mass is 344 g/mol. The van der Waals surface area contributed by atoms with E-state index in [1.807, 2.05) is 0 Å². The normalized spacial score (nSPS) is 27.5. The summed E-state index contributed by atoms with van der Waals surface area (Å²) < 4.78 is 5.45. The predicted molar refractivity (Wildman–Crippen MR) is 100 cm³/mol. The molecule has 130 valence electrons. The number of benzene rings is 1. The van der Waals surface area contributed by atoms with E-state index in [0.717, 1.165) is 52.0 Å². The lowest BCUT2D eigenvalue weighted by molar-refractivity contribution is 0.0343. The molecular weight excluding hydrogens is 316 g/mol. The van der Waals surface area contributed by atoms with E-state index in [2.05, 4.69) is 60.0 Å². The minimum atomic E-state index is -0.142. The summed E-state index contributed by atoms with van der Waals surface area (Å²) in [5, 5.41) is 10.2. The van der Waals surface area contributed by atoms with E-state index in [-0.39, 0.29) is 5.41 Å². The first-order valence-corrected chi connectivity index (χ1v) is 10.2. The van der Waals surface area contributed by atoms with Gasteiger partial charge in [0.1, 0.15) is 0 Å². The molecule has 3 rings (SSSR count). The van der Waals surface area contributed by atoms with E-state index in [1.165, 1.54) is 11.3 Å². The first-order valence-electron chi connectivity index (χ1n) is 9.14. The zero-order chi connectivity index (χ0) is 16.8. The molecule has 0 N–H and O–H groups in total. The van der Waals surface area contributed by atoms with Crippen molar-refractivity contribution < 1.29 is 4.74 Å². The third-order valence-electron chi connectivity index (χ3n) is 5.53. The topological polar surface area (TPSA) is 36.3 Å². The van der Waals surface area contributed by atoms with Crippen molar-refractivity contribution in [3.63, 3.8) is 0 Å². The highest BCUT2D eigenvalue weighted by Crippen LogP contribution is 2.38. The summed E-state index contributed by atoms with van der Waals surface area (Å²) in [7, 11) is 0. The van der Waals surface area contributed by atoms with Crippen LogP contribution in [-0.4, -0.2) is 42.2 Å². The number of nitrogens with zero attached hydrogens (tertiary/aromatic N) is 2. The zero-order valence-electron chi connectivity index (χ0n) is 14.6. The van der Waals surface area contributed by atoms with Crippen LogP contribution in [0.2, 0.25) is 0 Å². The summed E-state index contributed by atoms with van der Waals surface area (Å²) in [5.41, 5.74) is 1.29. The van der Waals surface area contributed by atoms with Crippen LogP contribution < -0.4 is 0 Å². The van der Waals surface area contributed by atoms with E-state index in [0.29, 0.717) is 11.3 Å². The highest BCUT2D eigenvalue weighted by Gasteiger charge is 2.34. The molecule has 0 amide bonds. The fourth-order valence-corrected chi connectivity index (χ4v) is 5.29. The molecule has 1 aromatic carbocycles. The lowest BCUT2D eigenvalue weighted by Crippen LogP contribution is -2.41. The summed E-state index contributed by atoms with van der Waals surface area (Å²) in [6, 6.07) is 14.0. The Bertz CT molecular complexity index is 551. The number of hydrogen-bond acceptors (Lipinski definition) is 4. The molecule has 2 saturated heterocycles. The summed E-state index contributed by atoms with van der Waals surface area (Å²) in [4.78, 5) is 2.64. The Morgan fingerprint density at radius 1 is 1.29 bits per heavy atom. The summed E-state index contributed by atoms with van der Waals surface area (Å²) in [5.74, 6) is 1.21. The Kier molecular flexibility index (Phi) is 6.21. The second-order valence-electron chi connectivity index (χ2n) is 7.08. The van der Waals surface area contributed by atoms with Crippen molar-refractivity contribution in [2.24, 2.45) is 5.41 Å². The molecule has 2 heterocycles. The van der Waals surface area contributed by atoms with Crippen molar-refractivity contribution in [2.45, 2.75) is 43.9 Å². The average molecular weight is 345 g/mol. The number of hydrogen-bond donors (Lipinski definition) is 0. The molecule has 2 fully saturated rings. The van der Waals surface area contributed by atoms with E-state index < -0.39 is 0 Å². The first kappa shape index (κ1) is 17.8. The van der Waals surface area contributed by atoms with E-state index >= 15 is 0 Å². The van der Waals surface area contributed by atoms with E-state index in [1.54, 1.807) is 0 Å². The fourth-order valence-electron chi connectivity index (χ4n) is 4.07. The summed E-state index contributed by atoms with van der Waals surface area (Å²) >= 11 is 2.08. The van der Waals surface area contributed by atoms with Crippen molar-refractivity contribution in [3.05, 3.63) is 35.9 Å². The van der Waals surface area contributed by atoms with Crippen LogP contribution in [-0.2, 0) is 4.74 Å². The smallest absolute Gasteiger partial charge is 0.0691 e. The zero-order valence-corrected chi connectivity index (χ0v) is 15.4. The molecule has 4 heteroatoms. The van der Waals surface area contributed by atoms with Gasteiger partial charge in [0.15, 0.2) is 0 Å². The molecule has 0 bridgehead atoms. The van der Waals surface area contributed by atoms with Gasteiger partial charge in [0.05, 0.1) is 11.5 Å². The van der Waals surface area contributed by atoms with Crippen molar-refractivity contribution in [1.29, 1.82) is 5.26 Å². The van der Waals surface area contributed by atoms with Gasteiger partial charge in [-0.3, -0.25) is 4.90 Å². The predicted octanol–water partition coefficient (Wildman–Crippen LogP) is 4.27. The second kappa shape index (κ2) is 8.38. The highest BCUT2D eigenvalue weighted by atomic mass is 32.2. The van der Waals surface area contributed by atoms with Gasteiger partial charge in [-0.05, 0) is 37.8 Å². The summed E-state index contributed by atoms with van der Waals surface area (Å²) in [6.45, 7) is 6.09. The van der Waals surface area contributed by atoms with Crippen LogP contribution in [0.4, 0.5) is 0 Å². The Balaban J connectivity index is 1.61. The lowest BCUT2D eigenvalue weighted by atomic mass is 9.78. The molecule has 2 aliphatic heterocycles. The van der Waals surface area contributed by atoms with Crippen molar-refractivity contribution in [2.75, 3.05) is 32.1 Å². The molecule has 3 nitrogen and oxygen atoms in total. The van der Waals surface area contributed by atoms with Gasteiger partial charge in [0.2, 0.25) is 0 Å². The Morgan fingerprint density at radius 3 is 2.75 bits per heavy atom. The van der Waals surface area contributed by atoms with E-state index in [4.69, 9.17) is 4.74 Å². The number of ether oxygens (including phenoxy) is 1. The van der Waals surface area contributed by atoms with Crippen molar-refractivity contribution in [3.8, 4) is 6.07 Å². The molecule has 1 aromatic rings. The molecule has 24 heavy (non-hydrogen) atoms. The molecule has 2 atom stereocenters. The van der Waals surface area contributed by atoms with E-state index in [9.17, 15) is 5.26 Å². The molecule has 0 radical (unpaired) electrons. The third kappa shape index (κ3) is 4.14. The SMILES string of the molecule is CC1SCCN(CCCC2(C#N)CCOCC2)C1c1ccccc1. The molecule has 0 saturated carbocycles. The van der Waals surface area contributed by atoms with Crippen LogP contribution in [0.3, 0.4) is 0 Å². The van der Waals surface area contributed by atoms with Crippen LogP contribution in [0.5, 0.6) is 0 Å². The molecular formula is C20H28N2OS. The van der Waals surface area contributed by atoms with Crippen LogP contribution in [0.1, 0.15) is 44.2 Å². The maximum atomic E-state index is 9.63. The van der Waals surface area contributed by atoms with Gasteiger partial charge in [-0.1, -0.05) is 37.3 Å². The van der Waals surface area contributed by atoms with Gasteiger partial charge < -0.3 is 4.74 Å². The van der Waals surface area contributed by atoms with Crippen molar-refractivity contribution in [1.82, 2.24) is 4.90 Å². The standard InChI is InChI=1S/C20H28N2OS/c1-17-19(18-6-3-2-4-7-18)22(12-15-24-17)11-5-8-20(16-21)9-13-23-14-10-20/h2-4,6-7,17,19H,5,8-15H2,1H3. The van der Waals surface area contributed by atoms with Crippen molar-refractivity contribution >= 4 is 11.8 Å². The summed E-state index contributed by atoms with van der Waals surface area (Å²) in [6.07, 6.45) is 3.91. The maximum Gasteiger partial charge on any atom is 0.0691 e. The van der Waals surface area contributed by atoms with Gasteiger partial charge in [-0.25, -0.2) is 0 Å². The molecule has 2 unspecified atom stereocenters. The van der Waals surface area contributed by atoms with Gasteiger partial charge in [-0.2, -0.15) is 17.0 Å². The highest BCUT2D eigenvalue weighted by molar-refractivity contribution is 8.00. The van der Waals surface area contributed by atoms with Crippen LogP contribution in [0.15, 0.2) is 30.3 Å². The Hall–Kier alpha value is -1.02. The van der Waals surface area contributed by atoms with Gasteiger partial charge in [0.25, 0.3) is 0 Å². The average Bonchev–Trinajstić information content (AvgIpc) is 2.63. The van der Waals surface area contributed by atoms with Gasteiger partial charge in [0, 0.05) is 36.8 Å². The minimum Gasteiger partial charge on any atom is -0.381 e. The third-order valence-corrected chi connectivity index (χ3v) is 6.73. The van der Waals surface area contributed by atoms with Crippen LogP contribution >= 0.6 is 11.8 Å². The fraction of sp³-hybridized carbons (Fsp3) is 0.650. The maximum absolute atomic E-state index is 9.63. The number of rotatable bonds is 5. The second-order valence-corrected chi connectivity index (χ2v) is 8.56. The number of nitriles is 1. The largest absolute Gasteiger partial charge is 0.381 e. The molecule has 2 aliphatic rings. The number of thioether (sulfide) groups is 1. The Morgan fingerprint density at radius 2 is 2.04 bits per heavy atom. The molecule has 0 aliphatic carbocycles. The quantitative estimate of drug-likeness (QED) is 0.799. The first-order chi connectivity index (χ1) is 11.7. The molecule has 0 spiro atoms. The van der Waals surface area contributed by atoms with Gasteiger partial charge in [-0.15, -0.1) is 0 Å².